The van der Waals surface area contributed by atoms with Gasteiger partial charge < -0.3 is 24.8 Å². The number of benzene rings is 1. The number of hydrogen-bond donors (Lipinski definition) is 2. The maximum absolute atomic E-state index is 12.3. The number of pyridine rings is 1. The summed E-state index contributed by atoms with van der Waals surface area (Å²) in [6.07, 6.45) is 4.33. The van der Waals surface area contributed by atoms with Gasteiger partial charge in [-0.1, -0.05) is 6.07 Å². The summed E-state index contributed by atoms with van der Waals surface area (Å²) in [6, 6.07) is 9.11. The Morgan fingerprint density at radius 3 is 2.74 bits per heavy atom. The molecule has 0 aliphatic carbocycles. The van der Waals surface area contributed by atoms with Crippen molar-refractivity contribution in [3.05, 3.63) is 42.1 Å². The molecule has 2 heterocycles. The maximum Gasteiger partial charge on any atom is 0.228 e. The lowest BCUT2D eigenvalue weighted by atomic mass is 10.1. The van der Waals surface area contributed by atoms with Crippen molar-refractivity contribution >= 4 is 17.4 Å². The van der Waals surface area contributed by atoms with Gasteiger partial charge in [0.25, 0.3) is 0 Å². The number of amides is 1. The quantitative estimate of drug-likeness (QED) is 0.743. The number of anilines is 2. The SMILES string of the molecule is COc1ccc(CC(=O)Nc2ccc(NCC3CCCO3)nc2)cc1OC. The van der Waals surface area contributed by atoms with Crippen molar-refractivity contribution in [1.29, 1.82) is 0 Å². The Kier molecular flexibility index (Phi) is 6.49. The van der Waals surface area contributed by atoms with Crippen molar-refractivity contribution < 1.29 is 19.0 Å². The van der Waals surface area contributed by atoms with Crippen molar-refractivity contribution in [3.8, 4) is 11.5 Å². The van der Waals surface area contributed by atoms with Crippen LogP contribution in [0.5, 0.6) is 11.5 Å². The summed E-state index contributed by atoms with van der Waals surface area (Å²) in [5.41, 5.74) is 1.50. The van der Waals surface area contributed by atoms with E-state index in [1.807, 2.05) is 18.2 Å². The summed E-state index contributed by atoms with van der Waals surface area (Å²) < 4.78 is 16.0. The molecule has 1 unspecified atom stereocenters. The molecule has 27 heavy (non-hydrogen) atoms. The van der Waals surface area contributed by atoms with Crippen LogP contribution < -0.4 is 20.1 Å². The number of ether oxygens (including phenoxy) is 3. The van der Waals surface area contributed by atoms with E-state index in [1.165, 1.54) is 0 Å². The summed E-state index contributed by atoms with van der Waals surface area (Å²) in [6.45, 7) is 1.59. The lowest BCUT2D eigenvalue weighted by molar-refractivity contribution is -0.115. The molecule has 1 aromatic carbocycles. The summed E-state index contributed by atoms with van der Waals surface area (Å²) in [5, 5.41) is 6.11. The van der Waals surface area contributed by atoms with Gasteiger partial charge >= 0.3 is 0 Å². The van der Waals surface area contributed by atoms with Crippen LogP contribution in [-0.2, 0) is 16.0 Å². The monoisotopic (exact) mass is 371 g/mol. The molecule has 7 nitrogen and oxygen atoms in total. The first kappa shape index (κ1) is 19.0. The molecule has 1 saturated heterocycles. The first-order valence-electron chi connectivity index (χ1n) is 9.00. The van der Waals surface area contributed by atoms with Crippen LogP contribution in [0.25, 0.3) is 0 Å². The zero-order chi connectivity index (χ0) is 19.1. The van der Waals surface area contributed by atoms with E-state index in [-0.39, 0.29) is 18.4 Å². The predicted molar refractivity (Wildman–Crippen MR) is 104 cm³/mol. The zero-order valence-electron chi connectivity index (χ0n) is 15.7. The summed E-state index contributed by atoms with van der Waals surface area (Å²) >= 11 is 0. The van der Waals surface area contributed by atoms with Gasteiger partial charge in [-0.2, -0.15) is 0 Å². The predicted octanol–water partition coefficient (Wildman–Crippen LogP) is 2.87. The summed E-state index contributed by atoms with van der Waals surface area (Å²) in [5.74, 6) is 1.88. The Morgan fingerprint density at radius 2 is 2.07 bits per heavy atom. The topological polar surface area (TPSA) is 81.7 Å². The molecule has 1 amide bonds. The van der Waals surface area contributed by atoms with E-state index < -0.39 is 0 Å². The van der Waals surface area contributed by atoms with Crippen molar-refractivity contribution in [1.82, 2.24) is 4.98 Å². The molecule has 1 aliphatic heterocycles. The van der Waals surface area contributed by atoms with Gasteiger partial charge in [0, 0.05) is 13.2 Å². The minimum absolute atomic E-state index is 0.121. The van der Waals surface area contributed by atoms with E-state index >= 15 is 0 Å². The summed E-state index contributed by atoms with van der Waals surface area (Å²) in [4.78, 5) is 16.6. The molecular weight excluding hydrogens is 346 g/mol. The van der Waals surface area contributed by atoms with Gasteiger partial charge in [0.2, 0.25) is 5.91 Å². The van der Waals surface area contributed by atoms with Gasteiger partial charge in [0.15, 0.2) is 11.5 Å². The van der Waals surface area contributed by atoms with Crippen LogP contribution in [0.4, 0.5) is 11.5 Å². The molecule has 1 atom stereocenters. The third-order valence-corrected chi connectivity index (χ3v) is 4.39. The highest BCUT2D eigenvalue weighted by atomic mass is 16.5. The second-order valence-electron chi connectivity index (χ2n) is 6.36. The molecule has 2 aromatic rings. The van der Waals surface area contributed by atoms with Gasteiger partial charge in [0.1, 0.15) is 5.82 Å². The van der Waals surface area contributed by atoms with E-state index in [4.69, 9.17) is 14.2 Å². The van der Waals surface area contributed by atoms with Crippen LogP contribution >= 0.6 is 0 Å². The second kappa shape index (κ2) is 9.23. The molecule has 7 heteroatoms. The standard InChI is InChI=1S/C20H25N3O4/c1-25-17-7-5-14(10-18(17)26-2)11-20(24)23-15-6-8-19(21-12-15)22-13-16-4-3-9-27-16/h5-8,10,12,16H,3-4,9,11,13H2,1-2H3,(H,21,22)(H,23,24). The fourth-order valence-corrected chi connectivity index (χ4v) is 2.98. The van der Waals surface area contributed by atoms with Crippen molar-refractivity contribution in [3.63, 3.8) is 0 Å². The molecule has 3 rings (SSSR count). The molecule has 1 aliphatic rings. The van der Waals surface area contributed by atoms with Crippen LogP contribution in [0.1, 0.15) is 18.4 Å². The average molecular weight is 371 g/mol. The number of nitrogens with one attached hydrogen (secondary N) is 2. The molecule has 0 spiro atoms. The van der Waals surface area contributed by atoms with Crippen LogP contribution in [0.3, 0.4) is 0 Å². The van der Waals surface area contributed by atoms with Gasteiger partial charge in [-0.15, -0.1) is 0 Å². The first-order valence-corrected chi connectivity index (χ1v) is 9.00. The van der Waals surface area contributed by atoms with Crippen LogP contribution in [0.2, 0.25) is 0 Å². The number of carbonyl (C=O) groups excluding carboxylic acids is 1. The average Bonchev–Trinajstić information content (AvgIpc) is 3.21. The minimum atomic E-state index is -0.121. The number of methoxy groups -OCH3 is 2. The number of nitrogens with zero attached hydrogens (tertiary/aromatic N) is 1. The van der Waals surface area contributed by atoms with E-state index in [2.05, 4.69) is 15.6 Å². The van der Waals surface area contributed by atoms with Crippen LogP contribution in [-0.4, -0.2) is 44.4 Å². The minimum Gasteiger partial charge on any atom is -0.493 e. The number of carbonyl (C=O) groups is 1. The molecular formula is C20H25N3O4. The highest BCUT2D eigenvalue weighted by Gasteiger charge is 2.15. The van der Waals surface area contributed by atoms with Gasteiger partial charge in [-0.25, -0.2) is 4.98 Å². The van der Waals surface area contributed by atoms with Gasteiger partial charge in [-0.3, -0.25) is 4.79 Å². The molecule has 144 valence electrons. The Morgan fingerprint density at radius 1 is 1.22 bits per heavy atom. The highest BCUT2D eigenvalue weighted by molar-refractivity contribution is 5.92. The lowest BCUT2D eigenvalue weighted by Crippen LogP contribution is -2.19. The van der Waals surface area contributed by atoms with E-state index in [1.54, 1.807) is 32.5 Å². The molecule has 0 saturated carbocycles. The summed E-state index contributed by atoms with van der Waals surface area (Å²) in [7, 11) is 3.15. The smallest absolute Gasteiger partial charge is 0.228 e. The van der Waals surface area contributed by atoms with E-state index in [0.29, 0.717) is 17.2 Å². The van der Waals surface area contributed by atoms with Crippen molar-refractivity contribution in [2.45, 2.75) is 25.4 Å². The Bertz CT molecular complexity index is 758. The van der Waals surface area contributed by atoms with Crippen LogP contribution in [0, 0.1) is 0 Å². The number of hydrogen-bond acceptors (Lipinski definition) is 6. The van der Waals surface area contributed by atoms with Crippen LogP contribution in [0.15, 0.2) is 36.5 Å². The fraction of sp³-hybridized carbons (Fsp3) is 0.400. The lowest BCUT2D eigenvalue weighted by Gasteiger charge is -2.12. The Labute approximate surface area is 159 Å². The van der Waals surface area contributed by atoms with E-state index in [0.717, 1.165) is 37.4 Å². The largest absolute Gasteiger partial charge is 0.493 e. The third kappa shape index (κ3) is 5.34. The third-order valence-electron chi connectivity index (χ3n) is 4.39. The molecule has 0 bridgehead atoms. The Hall–Kier alpha value is -2.80. The zero-order valence-corrected chi connectivity index (χ0v) is 15.7. The fourth-order valence-electron chi connectivity index (χ4n) is 2.98. The second-order valence-corrected chi connectivity index (χ2v) is 6.36. The first-order chi connectivity index (χ1) is 13.2. The molecule has 1 aromatic heterocycles. The van der Waals surface area contributed by atoms with Crippen molar-refractivity contribution in [2.75, 3.05) is 38.0 Å². The van der Waals surface area contributed by atoms with E-state index in [9.17, 15) is 4.79 Å². The van der Waals surface area contributed by atoms with Gasteiger partial charge in [-0.05, 0) is 42.7 Å². The maximum atomic E-state index is 12.3. The van der Waals surface area contributed by atoms with Gasteiger partial charge in [0.05, 0.1) is 38.6 Å². The molecule has 0 radical (unpaired) electrons. The molecule has 2 N–H and O–H groups in total. The molecule has 1 fully saturated rings. The number of aromatic nitrogens is 1. The Balaban J connectivity index is 1.51. The normalized spacial score (nSPS) is 16.0. The van der Waals surface area contributed by atoms with Crippen molar-refractivity contribution in [2.24, 2.45) is 0 Å². The highest BCUT2D eigenvalue weighted by Crippen LogP contribution is 2.27. The number of rotatable bonds is 8.